The third kappa shape index (κ3) is 3.10. The molecule has 1 heterocycles. The van der Waals surface area contributed by atoms with Gasteiger partial charge in [-0.25, -0.2) is 0 Å². The highest BCUT2D eigenvalue weighted by atomic mass is 16.5. The van der Waals surface area contributed by atoms with E-state index >= 15 is 0 Å². The molecule has 0 aliphatic carbocycles. The zero-order valence-electron chi connectivity index (χ0n) is 11.1. The van der Waals surface area contributed by atoms with Crippen molar-refractivity contribution in [1.29, 1.82) is 5.26 Å². The van der Waals surface area contributed by atoms with Crippen molar-refractivity contribution in [3.05, 3.63) is 35.4 Å². The SMILES string of the molecule is CC(NCC1(C)CCCO1)c1ccc(C#N)cc1. The zero-order valence-corrected chi connectivity index (χ0v) is 11.1. The van der Waals surface area contributed by atoms with Crippen LogP contribution in [0.2, 0.25) is 0 Å². The van der Waals surface area contributed by atoms with E-state index in [-0.39, 0.29) is 11.6 Å². The van der Waals surface area contributed by atoms with Gasteiger partial charge in [0.05, 0.1) is 17.2 Å². The van der Waals surface area contributed by atoms with Crippen LogP contribution in [0.15, 0.2) is 24.3 Å². The summed E-state index contributed by atoms with van der Waals surface area (Å²) >= 11 is 0. The van der Waals surface area contributed by atoms with Crippen molar-refractivity contribution < 1.29 is 4.74 Å². The summed E-state index contributed by atoms with van der Waals surface area (Å²) < 4.78 is 5.76. The third-order valence-electron chi connectivity index (χ3n) is 3.62. The van der Waals surface area contributed by atoms with Crippen LogP contribution in [0.1, 0.15) is 43.9 Å². The fraction of sp³-hybridized carbons (Fsp3) is 0.533. The molecule has 0 spiro atoms. The molecule has 2 atom stereocenters. The molecule has 3 heteroatoms. The Labute approximate surface area is 109 Å². The standard InChI is InChI=1S/C15H20N2O/c1-12(14-6-4-13(10-16)5-7-14)17-11-15(2)8-3-9-18-15/h4-7,12,17H,3,8-9,11H2,1-2H3. The predicted octanol–water partition coefficient (Wildman–Crippen LogP) is 2.78. The van der Waals surface area contributed by atoms with Gasteiger partial charge in [-0.05, 0) is 44.4 Å². The van der Waals surface area contributed by atoms with Crippen molar-refractivity contribution in [2.24, 2.45) is 0 Å². The molecular weight excluding hydrogens is 224 g/mol. The van der Waals surface area contributed by atoms with Crippen molar-refractivity contribution in [2.75, 3.05) is 13.2 Å². The smallest absolute Gasteiger partial charge is 0.0991 e. The maximum absolute atomic E-state index is 8.77. The van der Waals surface area contributed by atoms with Crippen LogP contribution in [0.5, 0.6) is 0 Å². The van der Waals surface area contributed by atoms with Gasteiger partial charge >= 0.3 is 0 Å². The van der Waals surface area contributed by atoms with E-state index in [0.717, 1.165) is 26.0 Å². The molecule has 1 aromatic rings. The van der Waals surface area contributed by atoms with Crippen LogP contribution in [0.25, 0.3) is 0 Å². The van der Waals surface area contributed by atoms with Crippen molar-refractivity contribution in [1.82, 2.24) is 5.32 Å². The largest absolute Gasteiger partial charge is 0.374 e. The minimum atomic E-state index is -0.0130. The molecule has 0 aromatic heterocycles. The topological polar surface area (TPSA) is 45.0 Å². The number of rotatable bonds is 4. The monoisotopic (exact) mass is 244 g/mol. The quantitative estimate of drug-likeness (QED) is 0.885. The number of ether oxygens (including phenoxy) is 1. The number of nitrogens with zero attached hydrogens (tertiary/aromatic N) is 1. The second-order valence-corrected chi connectivity index (χ2v) is 5.24. The number of hydrogen-bond donors (Lipinski definition) is 1. The molecule has 1 aliphatic rings. The van der Waals surface area contributed by atoms with Crippen LogP contribution in [0, 0.1) is 11.3 Å². The first-order chi connectivity index (χ1) is 8.63. The molecule has 2 unspecified atom stereocenters. The van der Waals surface area contributed by atoms with Crippen molar-refractivity contribution in [3.63, 3.8) is 0 Å². The van der Waals surface area contributed by atoms with E-state index in [1.54, 1.807) is 0 Å². The lowest BCUT2D eigenvalue weighted by molar-refractivity contribution is 0.0191. The number of benzene rings is 1. The van der Waals surface area contributed by atoms with Gasteiger partial charge in [-0.15, -0.1) is 0 Å². The van der Waals surface area contributed by atoms with Crippen LogP contribution in [-0.2, 0) is 4.74 Å². The maximum Gasteiger partial charge on any atom is 0.0991 e. The maximum atomic E-state index is 8.77. The minimum Gasteiger partial charge on any atom is -0.374 e. The second kappa shape index (κ2) is 5.51. The molecule has 1 fully saturated rings. The summed E-state index contributed by atoms with van der Waals surface area (Å²) in [5.74, 6) is 0. The van der Waals surface area contributed by atoms with E-state index < -0.39 is 0 Å². The first kappa shape index (κ1) is 13.1. The Morgan fingerprint density at radius 1 is 1.44 bits per heavy atom. The molecule has 1 aliphatic heterocycles. The van der Waals surface area contributed by atoms with E-state index in [1.165, 1.54) is 5.56 Å². The summed E-state index contributed by atoms with van der Waals surface area (Å²) in [6, 6.07) is 10.2. The highest BCUT2D eigenvalue weighted by molar-refractivity contribution is 5.32. The van der Waals surface area contributed by atoms with E-state index in [0.29, 0.717) is 5.56 Å². The van der Waals surface area contributed by atoms with Crippen LogP contribution in [-0.4, -0.2) is 18.8 Å². The molecular formula is C15H20N2O. The fourth-order valence-electron chi connectivity index (χ4n) is 2.31. The van der Waals surface area contributed by atoms with Gasteiger partial charge in [-0.1, -0.05) is 12.1 Å². The van der Waals surface area contributed by atoms with E-state index in [2.05, 4.69) is 25.2 Å². The highest BCUT2D eigenvalue weighted by Gasteiger charge is 2.29. The molecule has 1 N–H and O–H groups in total. The normalized spacial score (nSPS) is 24.7. The van der Waals surface area contributed by atoms with Gasteiger partial charge in [-0.2, -0.15) is 5.26 Å². The minimum absolute atomic E-state index is 0.0130. The number of hydrogen-bond acceptors (Lipinski definition) is 3. The second-order valence-electron chi connectivity index (χ2n) is 5.24. The summed E-state index contributed by atoms with van der Waals surface area (Å²) in [4.78, 5) is 0. The van der Waals surface area contributed by atoms with Gasteiger partial charge in [-0.3, -0.25) is 0 Å². The van der Waals surface area contributed by atoms with E-state index in [1.807, 2.05) is 24.3 Å². The lowest BCUT2D eigenvalue weighted by Crippen LogP contribution is -2.38. The zero-order chi connectivity index (χ0) is 13.0. The Morgan fingerprint density at radius 2 is 2.17 bits per heavy atom. The Hall–Kier alpha value is -1.37. The highest BCUT2D eigenvalue weighted by Crippen LogP contribution is 2.25. The van der Waals surface area contributed by atoms with Crippen LogP contribution < -0.4 is 5.32 Å². The average molecular weight is 244 g/mol. The Kier molecular flexibility index (Phi) is 4.00. The van der Waals surface area contributed by atoms with Gasteiger partial charge in [0, 0.05) is 19.2 Å². The summed E-state index contributed by atoms with van der Waals surface area (Å²) in [5, 5.41) is 12.3. The van der Waals surface area contributed by atoms with Gasteiger partial charge in [0.1, 0.15) is 0 Å². The van der Waals surface area contributed by atoms with Crippen LogP contribution in [0.3, 0.4) is 0 Å². The molecule has 1 saturated heterocycles. The van der Waals surface area contributed by atoms with Crippen molar-refractivity contribution in [3.8, 4) is 6.07 Å². The Morgan fingerprint density at radius 3 is 2.72 bits per heavy atom. The fourth-order valence-corrected chi connectivity index (χ4v) is 2.31. The van der Waals surface area contributed by atoms with Gasteiger partial charge < -0.3 is 10.1 Å². The lowest BCUT2D eigenvalue weighted by atomic mass is 10.0. The first-order valence-electron chi connectivity index (χ1n) is 6.50. The van der Waals surface area contributed by atoms with Crippen molar-refractivity contribution >= 4 is 0 Å². The third-order valence-corrected chi connectivity index (χ3v) is 3.62. The molecule has 0 saturated carbocycles. The predicted molar refractivity (Wildman–Crippen MR) is 71.2 cm³/mol. The number of nitrogens with one attached hydrogen (secondary N) is 1. The van der Waals surface area contributed by atoms with Gasteiger partial charge in [0.25, 0.3) is 0 Å². The van der Waals surface area contributed by atoms with Gasteiger partial charge in [0.15, 0.2) is 0 Å². The van der Waals surface area contributed by atoms with E-state index in [9.17, 15) is 0 Å². The van der Waals surface area contributed by atoms with Gasteiger partial charge in [0.2, 0.25) is 0 Å². The average Bonchev–Trinajstić information content (AvgIpc) is 2.83. The summed E-state index contributed by atoms with van der Waals surface area (Å²) in [6.45, 7) is 6.05. The Bertz CT molecular complexity index is 427. The van der Waals surface area contributed by atoms with Crippen LogP contribution in [0.4, 0.5) is 0 Å². The number of nitriles is 1. The van der Waals surface area contributed by atoms with E-state index in [4.69, 9.17) is 10.00 Å². The molecule has 1 aromatic carbocycles. The van der Waals surface area contributed by atoms with Crippen LogP contribution >= 0.6 is 0 Å². The summed E-state index contributed by atoms with van der Waals surface area (Å²) in [6.07, 6.45) is 2.28. The first-order valence-corrected chi connectivity index (χ1v) is 6.50. The summed E-state index contributed by atoms with van der Waals surface area (Å²) in [5.41, 5.74) is 1.90. The molecule has 2 rings (SSSR count). The molecule has 0 radical (unpaired) electrons. The van der Waals surface area contributed by atoms with Crippen molar-refractivity contribution in [2.45, 2.75) is 38.3 Å². The molecule has 0 bridgehead atoms. The molecule has 3 nitrogen and oxygen atoms in total. The molecule has 96 valence electrons. The summed E-state index contributed by atoms with van der Waals surface area (Å²) in [7, 11) is 0. The lowest BCUT2D eigenvalue weighted by Gasteiger charge is -2.26. The Balaban J connectivity index is 1.91. The molecule has 0 amide bonds. The molecule has 18 heavy (non-hydrogen) atoms.